The Hall–Kier alpha value is -2.80. The quantitative estimate of drug-likeness (QED) is 0.625. The molecule has 0 saturated carbocycles. The highest BCUT2D eigenvalue weighted by atomic mass is 15.0. The fourth-order valence-corrected chi connectivity index (χ4v) is 2.69. The van der Waals surface area contributed by atoms with Crippen molar-refractivity contribution in [3.63, 3.8) is 0 Å². The number of hydrogen-bond acceptors (Lipinski definition) is 0. The molecule has 0 bridgehead atoms. The second-order valence-electron chi connectivity index (χ2n) is 5.35. The Morgan fingerprint density at radius 2 is 1.00 bits per heavy atom. The highest BCUT2D eigenvalue weighted by molar-refractivity contribution is 5.81. The van der Waals surface area contributed by atoms with Crippen molar-refractivity contribution in [2.24, 2.45) is 7.05 Å². The average Bonchev–Trinajstić information content (AvgIpc) is 2.96. The monoisotopic (exact) mass is 285 g/mol. The predicted molar refractivity (Wildman–Crippen MR) is 94.6 cm³/mol. The van der Waals surface area contributed by atoms with Gasteiger partial charge >= 0.3 is 0 Å². The van der Waals surface area contributed by atoms with E-state index in [0.717, 1.165) is 33.7 Å². The van der Waals surface area contributed by atoms with E-state index < -0.39 is 0 Å². The molecule has 1 nitrogen and oxygen atoms in total. The smallest absolute Gasteiger partial charge is 0.0482 e. The fourth-order valence-electron chi connectivity index (χ4n) is 2.69. The Morgan fingerprint density at radius 1 is 0.636 bits per heavy atom. The lowest BCUT2D eigenvalue weighted by Crippen LogP contribution is -2.01. The normalized spacial score (nSPS) is 10.4. The van der Waals surface area contributed by atoms with E-state index in [-0.39, 0.29) is 0 Å². The molecule has 22 heavy (non-hydrogen) atoms. The first-order valence-corrected chi connectivity index (χ1v) is 7.33. The highest BCUT2D eigenvalue weighted by Crippen LogP contribution is 2.28. The maximum absolute atomic E-state index is 4.25. The van der Waals surface area contributed by atoms with Crippen LogP contribution in [0, 0.1) is 0 Å². The molecule has 0 fully saturated rings. The summed E-state index contributed by atoms with van der Waals surface area (Å²) in [6.45, 7) is 8.50. The van der Waals surface area contributed by atoms with Gasteiger partial charge in [0.1, 0.15) is 0 Å². The van der Waals surface area contributed by atoms with Crippen molar-refractivity contribution in [1.29, 1.82) is 0 Å². The van der Waals surface area contributed by atoms with Gasteiger partial charge in [-0.1, -0.05) is 73.8 Å². The van der Waals surface area contributed by atoms with Crippen molar-refractivity contribution in [3.05, 3.63) is 108 Å². The van der Waals surface area contributed by atoms with Gasteiger partial charge in [0.15, 0.2) is 0 Å². The molecule has 1 aromatic heterocycles. The van der Waals surface area contributed by atoms with Gasteiger partial charge in [-0.3, -0.25) is 0 Å². The number of benzene rings is 2. The second-order valence-corrected chi connectivity index (χ2v) is 5.35. The van der Waals surface area contributed by atoms with Crippen molar-refractivity contribution in [2.45, 2.75) is 0 Å². The first-order chi connectivity index (χ1) is 10.7. The first kappa shape index (κ1) is 14.2. The molecular formula is C21H19N. The van der Waals surface area contributed by atoms with E-state index in [2.05, 4.69) is 61.2 Å². The lowest BCUT2D eigenvalue weighted by atomic mass is 10.0. The van der Waals surface area contributed by atoms with Gasteiger partial charge in [-0.05, 0) is 34.4 Å². The van der Waals surface area contributed by atoms with E-state index in [0.29, 0.717) is 0 Å². The van der Waals surface area contributed by atoms with E-state index in [4.69, 9.17) is 0 Å². The zero-order valence-corrected chi connectivity index (χ0v) is 12.8. The second kappa shape index (κ2) is 5.90. The van der Waals surface area contributed by atoms with Crippen molar-refractivity contribution in [3.8, 4) is 0 Å². The summed E-state index contributed by atoms with van der Waals surface area (Å²) in [7, 11) is 2.06. The summed E-state index contributed by atoms with van der Waals surface area (Å²) in [5.74, 6) is 0. The number of nitrogens with zero attached hydrogens (tertiary/aromatic N) is 1. The van der Waals surface area contributed by atoms with Crippen LogP contribution in [0.15, 0.2) is 86.0 Å². The Kier molecular flexibility index (Phi) is 3.80. The summed E-state index contributed by atoms with van der Waals surface area (Å²) < 4.78 is 2.16. The van der Waals surface area contributed by atoms with Gasteiger partial charge in [0, 0.05) is 18.4 Å². The molecule has 3 rings (SSSR count). The topological polar surface area (TPSA) is 4.93 Å². The van der Waals surface area contributed by atoms with Crippen molar-refractivity contribution in [2.75, 3.05) is 0 Å². The molecule has 108 valence electrons. The molecule has 1 heterocycles. The van der Waals surface area contributed by atoms with Gasteiger partial charge < -0.3 is 4.57 Å². The Morgan fingerprint density at radius 3 is 1.36 bits per heavy atom. The van der Waals surface area contributed by atoms with Crippen LogP contribution in [0.2, 0.25) is 0 Å². The Balaban J connectivity index is 1.96. The van der Waals surface area contributed by atoms with E-state index in [1.165, 1.54) is 0 Å². The van der Waals surface area contributed by atoms with Crippen molar-refractivity contribution in [1.82, 2.24) is 4.57 Å². The third-order valence-corrected chi connectivity index (χ3v) is 3.98. The highest BCUT2D eigenvalue weighted by Gasteiger charge is 2.12. The zero-order chi connectivity index (χ0) is 15.5. The molecule has 2 aromatic carbocycles. The zero-order valence-electron chi connectivity index (χ0n) is 12.8. The molecule has 0 aliphatic heterocycles. The fraction of sp³-hybridized carbons (Fsp3) is 0.0476. The third kappa shape index (κ3) is 2.53. The van der Waals surface area contributed by atoms with E-state index in [9.17, 15) is 0 Å². The molecule has 0 N–H and O–H groups in total. The third-order valence-electron chi connectivity index (χ3n) is 3.98. The molecule has 0 atom stereocenters. The van der Waals surface area contributed by atoms with E-state index >= 15 is 0 Å². The van der Waals surface area contributed by atoms with E-state index in [1.54, 1.807) is 0 Å². The molecule has 0 saturated heterocycles. The summed E-state index contributed by atoms with van der Waals surface area (Å²) in [6.07, 6.45) is 0. The van der Waals surface area contributed by atoms with Crippen LogP contribution in [0.3, 0.4) is 0 Å². The SMILES string of the molecule is C=C(c1ccccc1)c1ccc(C(=C)c2ccccc2)n1C. The molecule has 0 radical (unpaired) electrons. The maximum Gasteiger partial charge on any atom is 0.0482 e. The minimum absolute atomic E-state index is 1.02. The van der Waals surface area contributed by atoms with Gasteiger partial charge in [-0.25, -0.2) is 0 Å². The lowest BCUT2D eigenvalue weighted by molar-refractivity contribution is 0.893. The van der Waals surface area contributed by atoms with Gasteiger partial charge in [0.05, 0.1) is 0 Å². The summed E-state index contributed by atoms with van der Waals surface area (Å²) in [4.78, 5) is 0. The van der Waals surface area contributed by atoms with Gasteiger partial charge in [-0.15, -0.1) is 0 Å². The molecule has 0 amide bonds. The largest absolute Gasteiger partial charge is 0.344 e. The van der Waals surface area contributed by atoms with Crippen LogP contribution in [0.25, 0.3) is 11.1 Å². The van der Waals surface area contributed by atoms with Gasteiger partial charge in [0.2, 0.25) is 0 Å². The predicted octanol–water partition coefficient (Wildman–Crippen LogP) is 5.15. The minimum Gasteiger partial charge on any atom is -0.344 e. The molecule has 0 aliphatic rings. The Bertz CT molecular complexity index is 739. The van der Waals surface area contributed by atoms with Crippen LogP contribution in [-0.2, 0) is 7.05 Å². The van der Waals surface area contributed by atoms with Crippen molar-refractivity contribution < 1.29 is 0 Å². The molecule has 1 heteroatoms. The molecule has 0 aliphatic carbocycles. The van der Waals surface area contributed by atoms with Crippen molar-refractivity contribution >= 4 is 11.1 Å². The van der Waals surface area contributed by atoms with Crippen LogP contribution in [0.4, 0.5) is 0 Å². The van der Waals surface area contributed by atoms with Crippen LogP contribution in [0.5, 0.6) is 0 Å². The number of hydrogen-bond donors (Lipinski definition) is 0. The van der Waals surface area contributed by atoms with Crippen LogP contribution < -0.4 is 0 Å². The minimum atomic E-state index is 1.02. The van der Waals surface area contributed by atoms with Gasteiger partial charge in [-0.2, -0.15) is 0 Å². The summed E-state index contributed by atoms with van der Waals surface area (Å²) in [6, 6.07) is 24.7. The molecule has 0 spiro atoms. The number of aromatic nitrogens is 1. The Labute approximate surface area is 131 Å². The standard InChI is InChI=1S/C21H19N/c1-16(18-10-6-4-7-11-18)20-14-15-21(22(20)3)17(2)19-12-8-5-9-13-19/h4-15H,1-2H2,3H3. The number of rotatable bonds is 4. The summed E-state index contributed by atoms with van der Waals surface area (Å²) in [5.41, 5.74) is 6.54. The van der Waals surface area contributed by atoms with Gasteiger partial charge in [0.25, 0.3) is 0 Å². The van der Waals surface area contributed by atoms with Crippen LogP contribution in [-0.4, -0.2) is 4.57 Å². The maximum atomic E-state index is 4.25. The first-order valence-electron chi connectivity index (χ1n) is 7.33. The summed E-state index contributed by atoms with van der Waals surface area (Å²) >= 11 is 0. The lowest BCUT2D eigenvalue weighted by Gasteiger charge is -2.12. The molecule has 0 unspecified atom stereocenters. The molecular weight excluding hydrogens is 266 g/mol. The van der Waals surface area contributed by atoms with Crippen LogP contribution >= 0.6 is 0 Å². The van der Waals surface area contributed by atoms with E-state index in [1.807, 2.05) is 36.4 Å². The molecule has 3 aromatic rings. The average molecular weight is 285 g/mol. The summed E-state index contributed by atoms with van der Waals surface area (Å²) in [5, 5.41) is 0. The van der Waals surface area contributed by atoms with Crippen LogP contribution in [0.1, 0.15) is 22.5 Å².